The van der Waals surface area contributed by atoms with E-state index in [9.17, 15) is 17.8 Å². The van der Waals surface area contributed by atoms with Crippen molar-refractivity contribution in [3.8, 4) is 0 Å². The van der Waals surface area contributed by atoms with Gasteiger partial charge in [0.25, 0.3) is 0 Å². The third-order valence-electron chi connectivity index (χ3n) is 3.98. The summed E-state index contributed by atoms with van der Waals surface area (Å²) in [5, 5.41) is 2.82. The minimum Gasteiger partial charge on any atom is -0.748 e. The fraction of sp³-hybridized carbons (Fsp3) is 0.786. The van der Waals surface area contributed by atoms with Crippen LogP contribution in [0, 0.1) is 0 Å². The van der Waals surface area contributed by atoms with Crippen molar-refractivity contribution in [1.29, 1.82) is 0 Å². The zero-order chi connectivity index (χ0) is 16.5. The molecule has 0 aromatic heterocycles. The highest BCUT2D eigenvalue weighted by Gasteiger charge is 2.24. The molecule has 6 nitrogen and oxygen atoms in total. The summed E-state index contributed by atoms with van der Waals surface area (Å²) < 4.78 is 32.8. The number of nitrogens with one attached hydrogen (secondary N) is 1. The van der Waals surface area contributed by atoms with Crippen LogP contribution in [0.4, 0.5) is 0 Å². The third-order valence-corrected chi connectivity index (χ3v) is 4.77. The molecule has 1 unspecified atom stereocenters. The fourth-order valence-electron chi connectivity index (χ4n) is 2.39. The van der Waals surface area contributed by atoms with Crippen molar-refractivity contribution in [2.45, 2.75) is 39.7 Å². The van der Waals surface area contributed by atoms with Crippen LogP contribution in [0.15, 0.2) is 12.7 Å². The molecular formula is C14H28N2O4S. The molecule has 0 aromatic carbocycles. The molecule has 0 aliphatic carbocycles. The molecule has 0 radical (unpaired) electrons. The van der Waals surface area contributed by atoms with Crippen LogP contribution in [0.25, 0.3) is 0 Å². The highest BCUT2D eigenvalue weighted by Crippen LogP contribution is 2.11. The first-order valence-corrected chi connectivity index (χ1v) is 8.97. The maximum Gasteiger partial charge on any atom is 0.243 e. The molecule has 1 atom stereocenters. The predicted molar refractivity (Wildman–Crippen MR) is 82.7 cm³/mol. The van der Waals surface area contributed by atoms with Gasteiger partial charge >= 0.3 is 0 Å². The van der Waals surface area contributed by atoms with Gasteiger partial charge in [-0.2, -0.15) is 0 Å². The van der Waals surface area contributed by atoms with Gasteiger partial charge in [-0.25, -0.2) is 8.42 Å². The molecule has 0 aromatic rings. The minimum atomic E-state index is -4.14. The van der Waals surface area contributed by atoms with E-state index in [0.29, 0.717) is 13.0 Å². The SMILES string of the molecule is C=CC(=O)NC(C)CC[N+](CC)(CC)CCCS(=O)(=O)[O-]. The van der Waals surface area contributed by atoms with E-state index in [0.717, 1.165) is 30.5 Å². The average molecular weight is 320 g/mol. The van der Waals surface area contributed by atoms with E-state index >= 15 is 0 Å². The van der Waals surface area contributed by atoms with Gasteiger partial charge in [-0.05, 0) is 26.8 Å². The molecule has 0 aliphatic heterocycles. The highest BCUT2D eigenvalue weighted by molar-refractivity contribution is 7.85. The summed E-state index contributed by atoms with van der Waals surface area (Å²) in [6.07, 6.45) is 2.42. The van der Waals surface area contributed by atoms with Gasteiger partial charge in [0.2, 0.25) is 5.91 Å². The summed E-state index contributed by atoms with van der Waals surface area (Å²) in [6, 6.07) is 0.0364. The van der Waals surface area contributed by atoms with E-state index in [4.69, 9.17) is 0 Å². The second-order valence-electron chi connectivity index (χ2n) is 5.44. The van der Waals surface area contributed by atoms with Gasteiger partial charge in [-0.15, -0.1) is 0 Å². The van der Waals surface area contributed by atoms with Crippen LogP contribution in [0.5, 0.6) is 0 Å². The summed E-state index contributed by atoms with van der Waals surface area (Å²) in [6.45, 7) is 12.7. The van der Waals surface area contributed by atoms with Crippen LogP contribution in [0.3, 0.4) is 0 Å². The molecule has 0 aliphatic rings. The zero-order valence-electron chi connectivity index (χ0n) is 13.3. The maximum absolute atomic E-state index is 11.2. The first-order valence-electron chi connectivity index (χ1n) is 7.39. The summed E-state index contributed by atoms with van der Waals surface area (Å²) >= 11 is 0. The Morgan fingerprint density at radius 3 is 2.33 bits per heavy atom. The van der Waals surface area contributed by atoms with E-state index in [2.05, 4.69) is 25.7 Å². The molecule has 21 heavy (non-hydrogen) atoms. The summed E-state index contributed by atoms with van der Waals surface area (Å²) in [4.78, 5) is 11.2. The molecule has 1 amide bonds. The van der Waals surface area contributed by atoms with E-state index in [1.54, 1.807) is 0 Å². The number of carbonyl (C=O) groups is 1. The second kappa shape index (κ2) is 9.17. The lowest BCUT2D eigenvalue weighted by Crippen LogP contribution is -2.51. The molecule has 124 valence electrons. The molecule has 0 saturated carbocycles. The average Bonchev–Trinajstić information content (AvgIpc) is 2.41. The topological polar surface area (TPSA) is 86.3 Å². The Bertz CT molecular complexity index is 430. The number of hydrogen-bond acceptors (Lipinski definition) is 4. The number of quaternary nitrogens is 1. The lowest BCUT2D eigenvalue weighted by atomic mass is 10.1. The van der Waals surface area contributed by atoms with Crippen LogP contribution in [-0.4, -0.2) is 61.3 Å². The Morgan fingerprint density at radius 1 is 1.33 bits per heavy atom. The van der Waals surface area contributed by atoms with Gasteiger partial charge in [-0.3, -0.25) is 4.79 Å². The molecule has 0 bridgehead atoms. The van der Waals surface area contributed by atoms with Crippen molar-refractivity contribution in [1.82, 2.24) is 5.32 Å². The van der Waals surface area contributed by atoms with Crippen molar-refractivity contribution < 1.29 is 22.2 Å². The van der Waals surface area contributed by atoms with Crippen LogP contribution in [0.1, 0.15) is 33.6 Å². The quantitative estimate of drug-likeness (QED) is 0.347. The van der Waals surface area contributed by atoms with Crippen molar-refractivity contribution in [2.24, 2.45) is 0 Å². The molecule has 0 rings (SSSR count). The first kappa shape index (κ1) is 20.1. The summed E-state index contributed by atoms with van der Waals surface area (Å²) in [5.41, 5.74) is 0. The zero-order valence-corrected chi connectivity index (χ0v) is 14.1. The van der Waals surface area contributed by atoms with E-state index in [1.165, 1.54) is 6.08 Å². The van der Waals surface area contributed by atoms with Gasteiger partial charge in [0.05, 0.1) is 36.3 Å². The van der Waals surface area contributed by atoms with Gasteiger partial charge in [-0.1, -0.05) is 6.58 Å². The Hall–Kier alpha value is -0.920. The number of hydrogen-bond donors (Lipinski definition) is 1. The van der Waals surface area contributed by atoms with E-state index in [1.807, 2.05) is 6.92 Å². The lowest BCUT2D eigenvalue weighted by molar-refractivity contribution is -0.925. The molecule has 7 heteroatoms. The van der Waals surface area contributed by atoms with Gasteiger partial charge in [0.15, 0.2) is 0 Å². The Kier molecular flexibility index (Phi) is 8.77. The Balaban J connectivity index is 4.44. The first-order chi connectivity index (χ1) is 9.68. The molecule has 0 fully saturated rings. The van der Waals surface area contributed by atoms with Crippen molar-refractivity contribution >= 4 is 16.0 Å². The lowest BCUT2D eigenvalue weighted by Gasteiger charge is -2.38. The van der Waals surface area contributed by atoms with Crippen molar-refractivity contribution in [3.05, 3.63) is 12.7 Å². The molecule has 1 N–H and O–H groups in total. The normalized spacial score (nSPS) is 13.7. The van der Waals surface area contributed by atoms with E-state index in [-0.39, 0.29) is 17.7 Å². The van der Waals surface area contributed by atoms with Crippen LogP contribution in [-0.2, 0) is 14.9 Å². The second-order valence-corrected chi connectivity index (χ2v) is 6.96. The summed E-state index contributed by atoms with van der Waals surface area (Å²) in [5.74, 6) is -0.499. The highest BCUT2D eigenvalue weighted by atomic mass is 32.2. The van der Waals surface area contributed by atoms with Crippen LogP contribution in [0.2, 0.25) is 0 Å². The molecular weight excluding hydrogens is 292 g/mol. The monoisotopic (exact) mass is 320 g/mol. The van der Waals surface area contributed by atoms with Gasteiger partial charge in [0.1, 0.15) is 0 Å². The number of amides is 1. The smallest absolute Gasteiger partial charge is 0.243 e. The maximum atomic E-state index is 11.2. The largest absolute Gasteiger partial charge is 0.748 e. The molecule has 0 saturated heterocycles. The Morgan fingerprint density at radius 2 is 1.90 bits per heavy atom. The number of nitrogens with zero attached hydrogens (tertiary/aromatic N) is 1. The van der Waals surface area contributed by atoms with Crippen LogP contribution >= 0.6 is 0 Å². The van der Waals surface area contributed by atoms with Gasteiger partial charge in [0, 0.05) is 24.6 Å². The third kappa shape index (κ3) is 8.85. The molecule has 0 heterocycles. The number of carbonyl (C=O) groups excluding carboxylic acids is 1. The van der Waals surface area contributed by atoms with Crippen molar-refractivity contribution in [3.63, 3.8) is 0 Å². The van der Waals surface area contributed by atoms with Crippen LogP contribution < -0.4 is 5.32 Å². The summed E-state index contributed by atoms with van der Waals surface area (Å²) in [7, 11) is -4.14. The van der Waals surface area contributed by atoms with Gasteiger partial charge < -0.3 is 14.4 Å². The number of rotatable bonds is 11. The minimum absolute atomic E-state index is 0.0364. The Labute approximate surface area is 128 Å². The molecule has 0 spiro atoms. The van der Waals surface area contributed by atoms with Crippen molar-refractivity contribution in [2.75, 3.05) is 31.9 Å². The van der Waals surface area contributed by atoms with E-state index < -0.39 is 10.1 Å². The predicted octanol–water partition coefficient (Wildman–Crippen LogP) is 0.859. The fourth-order valence-corrected chi connectivity index (χ4v) is 2.87. The standard InChI is InChI=1S/C14H28N2O4S/c1-5-14(17)15-13(4)9-11-16(6-2,7-3)10-8-12-21(18,19)20/h5,13H,1,6-12H2,2-4H3,(H-,15,17,18,19,20).